The highest BCUT2D eigenvalue weighted by Gasteiger charge is 2.25. The van der Waals surface area contributed by atoms with Crippen molar-refractivity contribution >= 4 is 11.6 Å². The zero-order valence-corrected chi connectivity index (χ0v) is 12.4. The van der Waals surface area contributed by atoms with Crippen LogP contribution in [-0.2, 0) is 13.6 Å². The second-order valence-electron chi connectivity index (χ2n) is 5.36. The molecule has 0 atom stereocenters. The van der Waals surface area contributed by atoms with Crippen molar-refractivity contribution in [1.82, 2.24) is 24.3 Å². The fraction of sp³-hybridized carbons (Fsp3) is 0.538. The van der Waals surface area contributed by atoms with Crippen molar-refractivity contribution < 1.29 is 0 Å². The quantitative estimate of drug-likeness (QED) is 0.858. The Kier molecular flexibility index (Phi) is 3.67. The molecular weight excluding hydrogens is 294 g/mol. The highest BCUT2D eigenvalue weighted by Crippen LogP contribution is 2.34. The van der Waals surface area contributed by atoms with Crippen LogP contribution in [-0.4, -0.2) is 24.3 Å². The predicted octanol–water partition coefficient (Wildman–Crippen LogP) is 1.02. The maximum atomic E-state index is 12.6. The molecule has 0 bridgehead atoms. The van der Waals surface area contributed by atoms with Gasteiger partial charge in [-0.1, -0.05) is 24.4 Å². The lowest BCUT2D eigenvalue weighted by molar-refractivity contribution is 0.620. The Bertz CT molecular complexity index is 770. The number of H-pyrrole nitrogens is 1. The number of rotatable bonds is 3. The molecule has 1 aliphatic rings. The van der Waals surface area contributed by atoms with E-state index >= 15 is 0 Å². The molecule has 0 spiro atoms. The summed E-state index contributed by atoms with van der Waals surface area (Å²) in [6, 6.07) is 0. The van der Waals surface area contributed by atoms with Crippen LogP contribution in [0.3, 0.4) is 0 Å². The van der Waals surface area contributed by atoms with E-state index in [1.807, 2.05) is 0 Å². The molecule has 0 aromatic carbocycles. The zero-order valence-electron chi connectivity index (χ0n) is 11.7. The Morgan fingerprint density at radius 1 is 1.38 bits per heavy atom. The monoisotopic (exact) mass is 309 g/mol. The van der Waals surface area contributed by atoms with Crippen molar-refractivity contribution in [2.75, 3.05) is 0 Å². The Labute approximate surface area is 125 Å². The molecule has 2 heterocycles. The van der Waals surface area contributed by atoms with Gasteiger partial charge in [0.25, 0.3) is 5.56 Å². The molecule has 2 aromatic heterocycles. The third-order valence-corrected chi connectivity index (χ3v) is 4.18. The molecule has 2 aromatic rings. The van der Waals surface area contributed by atoms with E-state index < -0.39 is 5.69 Å². The molecule has 0 unspecified atom stereocenters. The smallest absolute Gasteiger partial charge is 0.297 e. The zero-order chi connectivity index (χ0) is 15.0. The van der Waals surface area contributed by atoms with E-state index in [1.54, 1.807) is 7.05 Å². The van der Waals surface area contributed by atoms with Gasteiger partial charge in [-0.3, -0.25) is 19.0 Å². The van der Waals surface area contributed by atoms with Gasteiger partial charge in [0.1, 0.15) is 11.5 Å². The molecule has 0 saturated heterocycles. The van der Waals surface area contributed by atoms with E-state index in [-0.39, 0.29) is 23.2 Å². The standard InChI is InChI=1S/C13H16ClN5O2/c1-18-7-15-9(17-18)6-19-12(20)10(8-4-2-3-5-8)11(14)16-13(19)21/h7-8H,2-6H2,1H3,(H,16,21). The minimum absolute atomic E-state index is 0.0475. The third-order valence-electron chi connectivity index (χ3n) is 3.88. The summed E-state index contributed by atoms with van der Waals surface area (Å²) in [5.41, 5.74) is -0.341. The average Bonchev–Trinajstić information content (AvgIpc) is 3.06. The van der Waals surface area contributed by atoms with Gasteiger partial charge in [-0.2, -0.15) is 5.10 Å². The Hall–Kier alpha value is -1.89. The normalized spacial score (nSPS) is 15.7. The number of aromatic nitrogens is 5. The molecular formula is C13H16ClN5O2. The maximum absolute atomic E-state index is 12.6. The number of hydrogen-bond donors (Lipinski definition) is 1. The van der Waals surface area contributed by atoms with Crippen LogP contribution in [0.15, 0.2) is 15.9 Å². The van der Waals surface area contributed by atoms with Crippen molar-refractivity contribution in [3.63, 3.8) is 0 Å². The average molecular weight is 310 g/mol. The van der Waals surface area contributed by atoms with Crippen LogP contribution in [0.2, 0.25) is 5.15 Å². The molecule has 1 aliphatic carbocycles. The summed E-state index contributed by atoms with van der Waals surface area (Å²) in [6.07, 6.45) is 5.57. The molecule has 1 saturated carbocycles. The van der Waals surface area contributed by atoms with Gasteiger partial charge in [0.05, 0.1) is 12.1 Å². The topological polar surface area (TPSA) is 85.6 Å². The van der Waals surface area contributed by atoms with Crippen LogP contribution in [0.1, 0.15) is 43.0 Å². The highest BCUT2D eigenvalue weighted by molar-refractivity contribution is 6.30. The number of halogens is 1. The van der Waals surface area contributed by atoms with E-state index in [2.05, 4.69) is 15.1 Å². The summed E-state index contributed by atoms with van der Waals surface area (Å²) < 4.78 is 2.65. The van der Waals surface area contributed by atoms with Gasteiger partial charge in [0, 0.05) is 7.05 Å². The van der Waals surface area contributed by atoms with Crippen molar-refractivity contribution in [2.45, 2.75) is 38.1 Å². The molecule has 1 fully saturated rings. The first-order valence-electron chi connectivity index (χ1n) is 6.93. The third kappa shape index (κ3) is 2.65. The molecule has 8 heteroatoms. The molecule has 0 radical (unpaired) electrons. The lowest BCUT2D eigenvalue weighted by atomic mass is 10.0. The van der Waals surface area contributed by atoms with Gasteiger partial charge in [-0.15, -0.1) is 0 Å². The molecule has 0 amide bonds. The van der Waals surface area contributed by atoms with Gasteiger partial charge in [-0.25, -0.2) is 9.78 Å². The summed E-state index contributed by atoms with van der Waals surface area (Å²) in [5, 5.41) is 4.27. The van der Waals surface area contributed by atoms with E-state index in [0.717, 1.165) is 30.3 Å². The number of aryl methyl sites for hydroxylation is 1. The van der Waals surface area contributed by atoms with Gasteiger partial charge in [0.2, 0.25) is 0 Å². The van der Waals surface area contributed by atoms with E-state index in [9.17, 15) is 9.59 Å². The fourth-order valence-corrected chi connectivity index (χ4v) is 3.19. The summed E-state index contributed by atoms with van der Waals surface area (Å²) >= 11 is 6.09. The van der Waals surface area contributed by atoms with Gasteiger partial charge in [0.15, 0.2) is 5.82 Å². The van der Waals surface area contributed by atoms with E-state index in [0.29, 0.717) is 11.4 Å². The second-order valence-corrected chi connectivity index (χ2v) is 5.74. The Morgan fingerprint density at radius 2 is 2.10 bits per heavy atom. The van der Waals surface area contributed by atoms with Crippen molar-refractivity contribution in [3.8, 4) is 0 Å². The SMILES string of the molecule is Cn1cnc(Cn2c(=O)[nH]c(Cl)c(C3CCCC3)c2=O)n1. The lowest BCUT2D eigenvalue weighted by Crippen LogP contribution is -2.38. The molecule has 0 aliphatic heterocycles. The fourth-order valence-electron chi connectivity index (χ4n) is 2.87. The van der Waals surface area contributed by atoms with Crippen LogP contribution in [0.25, 0.3) is 0 Å². The van der Waals surface area contributed by atoms with Crippen LogP contribution in [0, 0.1) is 0 Å². The number of aromatic amines is 1. The summed E-state index contributed by atoms with van der Waals surface area (Å²) in [5.74, 6) is 0.551. The predicted molar refractivity (Wildman–Crippen MR) is 77.6 cm³/mol. The molecule has 7 nitrogen and oxygen atoms in total. The molecule has 3 rings (SSSR count). The minimum Gasteiger partial charge on any atom is -0.297 e. The molecule has 1 N–H and O–H groups in total. The van der Waals surface area contributed by atoms with Crippen LogP contribution >= 0.6 is 11.6 Å². The second kappa shape index (κ2) is 5.48. The van der Waals surface area contributed by atoms with Crippen molar-refractivity contribution in [1.29, 1.82) is 0 Å². The lowest BCUT2D eigenvalue weighted by Gasteiger charge is -2.12. The molecule has 21 heavy (non-hydrogen) atoms. The summed E-state index contributed by atoms with van der Waals surface area (Å²) in [4.78, 5) is 31.2. The van der Waals surface area contributed by atoms with Gasteiger partial charge in [-0.05, 0) is 18.8 Å². The first-order chi connectivity index (χ1) is 10.1. The largest absolute Gasteiger partial charge is 0.329 e. The van der Waals surface area contributed by atoms with Gasteiger partial charge >= 0.3 is 5.69 Å². The Balaban J connectivity index is 2.05. The number of nitrogens with one attached hydrogen (secondary N) is 1. The summed E-state index contributed by atoms with van der Waals surface area (Å²) in [6.45, 7) is 0.0475. The maximum Gasteiger partial charge on any atom is 0.329 e. The number of nitrogens with zero attached hydrogens (tertiary/aromatic N) is 4. The van der Waals surface area contributed by atoms with Crippen molar-refractivity contribution in [3.05, 3.63) is 43.7 Å². The van der Waals surface area contributed by atoms with Gasteiger partial charge < -0.3 is 0 Å². The first-order valence-corrected chi connectivity index (χ1v) is 7.31. The highest BCUT2D eigenvalue weighted by atomic mass is 35.5. The van der Waals surface area contributed by atoms with Crippen LogP contribution < -0.4 is 11.2 Å². The van der Waals surface area contributed by atoms with Crippen molar-refractivity contribution in [2.24, 2.45) is 7.05 Å². The van der Waals surface area contributed by atoms with E-state index in [4.69, 9.17) is 11.6 Å². The molecule has 112 valence electrons. The van der Waals surface area contributed by atoms with Crippen LogP contribution in [0.4, 0.5) is 0 Å². The number of hydrogen-bond acceptors (Lipinski definition) is 4. The Morgan fingerprint density at radius 3 is 2.71 bits per heavy atom. The first kappa shape index (κ1) is 14.1. The minimum atomic E-state index is -0.529. The van der Waals surface area contributed by atoms with Crippen LogP contribution in [0.5, 0.6) is 0 Å². The summed E-state index contributed by atoms with van der Waals surface area (Å²) in [7, 11) is 1.73. The van der Waals surface area contributed by atoms with E-state index in [1.165, 1.54) is 11.0 Å².